The van der Waals surface area contributed by atoms with Crippen molar-refractivity contribution in [3.63, 3.8) is 0 Å². The van der Waals surface area contributed by atoms with Gasteiger partial charge in [-0.25, -0.2) is 0 Å². The van der Waals surface area contributed by atoms with E-state index in [0.29, 0.717) is 0 Å². The average molecular weight is 274 g/mol. The van der Waals surface area contributed by atoms with Crippen molar-refractivity contribution in [1.82, 2.24) is 15.2 Å². The van der Waals surface area contributed by atoms with Crippen LogP contribution in [0.15, 0.2) is 36.5 Å². The van der Waals surface area contributed by atoms with Crippen LogP contribution in [0, 0.1) is 0 Å². The predicted molar refractivity (Wildman–Crippen MR) is 79.4 cm³/mol. The molecule has 0 bridgehead atoms. The molecule has 0 amide bonds. The fraction of sp³-hybridized carbons (Fsp3) is 0.400. The number of hydrogen-bond acceptors (Lipinski definition) is 4. The highest BCUT2D eigenvalue weighted by molar-refractivity contribution is 5.30. The van der Waals surface area contributed by atoms with Crippen molar-refractivity contribution in [2.75, 3.05) is 7.11 Å². The Kier molecular flexibility index (Phi) is 4.76. The lowest BCUT2D eigenvalue weighted by atomic mass is 10.0. The third kappa shape index (κ3) is 3.00. The van der Waals surface area contributed by atoms with Gasteiger partial charge in [0.15, 0.2) is 5.75 Å². The van der Waals surface area contributed by atoms with Gasteiger partial charge in [0, 0.05) is 6.04 Å². The maximum atomic E-state index is 5.76. The van der Waals surface area contributed by atoms with E-state index >= 15 is 0 Å². The van der Waals surface area contributed by atoms with Crippen molar-refractivity contribution in [1.29, 1.82) is 0 Å². The van der Waals surface area contributed by atoms with Crippen molar-refractivity contribution < 1.29 is 4.74 Å². The first-order chi connectivity index (χ1) is 9.67. The smallest absolute Gasteiger partial charge is 0.161 e. The largest absolute Gasteiger partial charge is 0.493 e. The number of benzene rings is 1. The zero-order chi connectivity index (χ0) is 14.5. The Balaban J connectivity index is 2.33. The average Bonchev–Trinajstić information content (AvgIpc) is 2.89. The number of ether oxygens (including phenoxy) is 1. The summed E-state index contributed by atoms with van der Waals surface area (Å²) in [5.41, 5.74) is 5.08. The van der Waals surface area contributed by atoms with Crippen LogP contribution in [-0.2, 0) is 6.42 Å². The lowest BCUT2D eigenvalue weighted by Gasteiger charge is -2.21. The van der Waals surface area contributed by atoms with Gasteiger partial charge in [-0.15, -0.1) is 0 Å². The van der Waals surface area contributed by atoms with Crippen LogP contribution in [0.3, 0.4) is 0 Å². The summed E-state index contributed by atoms with van der Waals surface area (Å²) in [5.74, 6) is 6.52. The first-order valence-electron chi connectivity index (χ1n) is 6.78. The molecule has 0 aliphatic heterocycles. The summed E-state index contributed by atoms with van der Waals surface area (Å²) in [6.07, 6.45) is 2.52. The van der Waals surface area contributed by atoms with E-state index in [-0.39, 0.29) is 12.1 Å². The van der Waals surface area contributed by atoms with Gasteiger partial charge in [0.2, 0.25) is 0 Å². The number of hydrazine groups is 1. The number of rotatable bonds is 6. The minimum atomic E-state index is -0.0442. The van der Waals surface area contributed by atoms with Crippen LogP contribution in [0.5, 0.6) is 5.75 Å². The maximum absolute atomic E-state index is 5.76. The molecule has 0 aliphatic carbocycles. The topological polar surface area (TPSA) is 65.1 Å². The molecule has 108 valence electrons. The predicted octanol–water partition coefficient (Wildman–Crippen LogP) is 2.22. The first kappa shape index (κ1) is 14.6. The molecule has 2 rings (SSSR count). The summed E-state index contributed by atoms with van der Waals surface area (Å²) in [6, 6.07) is 10.4. The molecule has 0 radical (unpaired) electrons. The molecule has 0 aliphatic rings. The van der Waals surface area contributed by atoms with E-state index in [9.17, 15) is 0 Å². The Hall–Kier alpha value is -1.85. The first-order valence-corrected chi connectivity index (χ1v) is 6.78. The number of methoxy groups -OCH3 is 1. The van der Waals surface area contributed by atoms with Gasteiger partial charge in [0.1, 0.15) is 0 Å². The van der Waals surface area contributed by atoms with Gasteiger partial charge >= 0.3 is 0 Å². The van der Waals surface area contributed by atoms with Gasteiger partial charge in [-0.1, -0.05) is 30.3 Å². The van der Waals surface area contributed by atoms with Gasteiger partial charge in [-0.3, -0.25) is 16.0 Å². The summed E-state index contributed by atoms with van der Waals surface area (Å²) in [4.78, 5) is 0. The molecule has 3 N–H and O–H groups in total. The highest BCUT2D eigenvalue weighted by Crippen LogP contribution is 2.29. The van der Waals surface area contributed by atoms with E-state index in [1.54, 1.807) is 13.3 Å². The van der Waals surface area contributed by atoms with E-state index < -0.39 is 0 Å². The number of hydrogen-bond donors (Lipinski definition) is 2. The van der Waals surface area contributed by atoms with Gasteiger partial charge in [-0.2, -0.15) is 5.10 Å². The molecule has 0 spiro atoms. The zero-order valence-corrected chi connectivity index (χ0v) is 12.2. The van der Waals surface area contributed by atoms with Crippen LogP contribution >= 0.6 is 0 Å². The Morgan fingerprint density at radius 3 is 2.55 bits per heavy atom. The molecule has 1 aromatic carbocycles. The second-order valence-corrected chi connectivity index (χ2v) is 5.05. The van der Waals surface area contributed by atoms with Crippen molar-refractivity contribution in [3.05, 3.63) is 47.8 Å². The SMILES string of the molecule is COc1cnn(C(C)C)c1C(Cc1ccccc1)NN. The Morgan fingerprint density at radius 2 is 2.00 bits per heavy atom. The van der Waals surface area contributed by atoms with Gasteiger partial charge in [0.25, 0.3) is 0 Å². The third-order valence-electron chi connectivity index (χ3n) is 3.32. The van der Waals surface area contributed by atoms with Crippen LogP contribution in [0.1, 0.15) is 37.2 Å². The van der Waals surface area contributed by atoms with Gasteiger partial charge in [-0.05, 0) is 25.8 Å². The second-order valence-electron chi connectivity index (χ2n) is 5.05. The third-order valence-corrected chi connectivity index (χ3v) is 3.32. The lowest BCUT2D eigenvalue weighted by molar-refractivity contribution is 0.384. The molecule has 1 atom stereocenters. The van der Waals surface area contributed by atoms with E-state index in [1.165, 1.54) is 5.56 Å². The zero-order valence-electron chi connectivity index (χ0n) is 12.2. The van der Waals surface area contributed by atoms with Crippen molar-refractivity contribution in [3.8, 4) is 5.75 Å². The Morgan fingerprint density at radius 1 is 1.30 bits per heavy atom. The molecule has 0 saturated carbocycles. The second kappa shape index (κ2) is 6.54. The molecule has 5 nitrogen and oxygen atoms in total. The van der Waals surface area contributed by atoms with Crippen LogP contribution in [0.2, 0.25) is 0 Å². The molecule has 2 aromatic rings. The maximum Gasteiger partial charge on any atom is 0.161 e. The quantitative estimate of drug-likeness (QED) is 0.626. The van der Waals surface area contributed by atoms with Crippen LogP contribution in [-0.4, -0.2) is 16.9 Å². The van der Waals surface area contributed by atoms with Crippen LogP contribution < -0.4 is 16.0 Å². The van der Waals surface area contributed by atoms with Crippen molar-refractivity contribution >= 4 is 0 Å². The molecule has 20 heavy (non-hydrogen) atoms. The number of nitrogens with zero attached hydrogens (tertiary/aromatic N) is 2. The van der Waals surface area contributed by atoms with Crippen molar-refractivity contribution in [2.45, 2.75) is 32.4 Å². The van der Waals surface area contributed by atoms with E-state index in [1.807, 2.05) is 22.9 Å². The standard InChI is InChI=1S/C15H22N4O/c1-11(2)19-15(14(20-3)10-17-19)13(18-16)9-12-7-5-4-6-8-12/h4-8,10-11,13,18H,9,16H2,1-3H3. The molecule has 1 unspecified atom stereocenters. The van der Waals surface area contributed by atoms with Crippen LogP contribution in [0.25, 0.3) is 0 Å². The molecular weight excluding hydrogens is 252 g/mol. The number of nitrogens with one attached hydrogen (secondary N) is 1. The van der Waals surface area contributed by atoms with Crippen LogP contribution in [0.4, 0.5) is 0 Å². The van der Waals surface area contributed by atoms with E-state index in [4.69, 9.17) is 10.6 Å². The molecule has 0 fully saturated rings. The fourth-order valence-corrected chi connectivity index (χ4v) is 2.34. The highest BCUT2D eigenvalue weighted by atomic mass is 16.5. The summed E-state index contributed by atoms with van der Waals surface area (Å²) in [5, 5.41) is 4.39. The summed E-state index contributed by atoms with van der Waals surface area (Å²) in [7, 11) is 1.65. The van der Waals surface area contributed by atoms with Gasteiger partial charge in [0.05, 0.1) is 25.0 Å². The summed E-state index contributed by atoms with van der Waals surface area (Å²) in [6.45, 7) is 4.18. The Bertz CT molecular complexity index is 536. The monoisotopic (exact) mass is 274 g/mol. The molecule has 5 heteroatoms. The lowest BCUT2D eigenvalue weighted by Crippen LogP contribution is -2.32. The molecule has 1 heterocycles. The van der Waals surface area contributed by atoms with Gasteiger partial charge < -0.3 is 4.74 Å². The molecule has 0 saturated heterocycles. The van der Waals surface area contributed by atoms with E-state index in [2.05, 4.69) is 36.5 Å². The number of nitrogens with two attached hydrogens (primary N) is 1. The minimum absolute atomic E-state index is 0.0442. The molecular formula is C15H22N4O. The Labute approximate surface area is 119 Å². The minimum Gasteiger partial charge on any atom is -0.493 e. The highest BCUT2D eigenvalue weighted by Gasteiger charge is 2.22. The van der Waals surface area contributed by atoms with Crippen molar-refractivity contribution in [2.24, 2.45) is 5.84 Å². The molecule has 1 aromatic heterocycles. The number of aromatic nitrogens is 2. The fourth-order valence-electron chi connectivity index (χ4n) is 2.34. The van der Waals surface area contributed by atoms with E-state index in [0.717, 1.165) is 17.9 Å². The summed E-state index contributed by atoms with van der Waals surface area (Å²) < 4.78 is 7.37. The normalized spacial score (nSPS) is 12.7. The summed E-state index contributed by atoms with van der Waals surface area (Å²) >= 11 is 0.